The smallest absolute Gasteiger partial charge is 0.180 e. The van der Waals surface area contributed by atoms with E-state index in [-0.39, 0.29) is 0 Å². The minimum atomic E-state index is -3.19. The van der Waals surface area contributed by atoms with Crippen LogP contribution < -0.4 is 0 Å². The van der Waals surface area contributed by atoms with Crippen LogP contribution in [0.2, 0.25) is 0 Å². The molecular formula is C12H14N2O2S. The van der Waals surface area contributed by atoms with Crippen LogP contribution in [0.25, 0.3) is 11.3 Å². The van der Waals surface area contributed by atoms with Gasteiger partial charge >= 0.3 is 0 Å². The highest BCUT2D eigenvalue weighted by Crippen LogP contribution is 2.21. The summed E-state index contributed by atoms with van der Waals surface area (Å²) in [6.45, 7) is 3.36. The second kappa shape index (κ2) is 4.33. The molecule has 0 aliphatic rings. The molecule has 4 nitrogen and oxygen atoms in total. The molecule has 17 heavy (non-hydrogen) atoms. The van der Waals surface area contributed by atoms with E-state index in [4.69, 9.17) is 0 Å². The molecule has 1 aromatic heterocycles. The predicted octanol–water partition coefficient (Wildman–Crippen LogP) is 2.26. The third kappa shape index (κ3) is 2.24. The lowest BCUT2D eigenvalue weighted by Gasteiger charge is -2.08. The number of rotatable bonds is 3. The molecule has 90 valence electrons. The average molecular weight is 250 g/mol. The van der Waals surface area contributed by atoms with E-state index in [1.54, 1.807) is 44.3 Å². The standard InChI is InChI=1S/C12H14N2O2S/c1-9(2)17(15,16)11-5-3-10(4-6-11)12-7-8-13-14-12/h3-9H,1-2H3,(H,13,14). The van der Waals surface area contributed by atoms with Crippen LogP contribution in [-0.4, -0.2) is 23.9 Å². The minimum absolute atomic E-state index is 0.357. The summed E-state index contributed by atoms with van der Waals surface area (Å²) in [5.74, 6) is 0. The monoisotopic (exact) mass is 250 g/mol. The Labute approximate surface area is 101 Å². The van der Waals surface area contributed by atoms with Gasteiger partial charge in [-0.25, -0.2) is 8.42 Å². The zero-order valence-corrected chi connectivity index (χ0v) is 10.5. The van der Waals surface area contributed by atoms with Gasteiger partial charge in [0.05, 0.1) is 15.8 Å². The Balaban J connectivity index is 2.38. The maximum atomic E-state index is 11.9. The van der Waals surface area contributed by atoms with Crippen LogP contribution in [0.5, 0.6) is 0 Å². The molecule has 1 N–H and O–H groups in total. The van der Waals surface area contributed by atoms with Crippen molar-refractivity contribution in [3.8, 4) is 11.3 Å². The van der Waals surface area contributed by atoms with Crippen LogP contribution in [0.4, 0.5) is 0 Å². The Bertz CT molecular complexity index is 584. The number of aromatic amines is 1. The van der Waals surface area contributed by atoms with Crippen molar-refractivity contribution < 1.29 is 8.42 Å². The molecule has 0 spiro atoms. The molecule has 1 heterocycles. The van der Waals surface area contributed by atoms with Crippen LogP contribution in [0.3, 0.4) is 0 Å². The van der Waals surface area contributed by atoms with E-state index in [9.17, 15) is 8.42 Å². The molecule has 5 heteroatoms. The lowest BCUT2D eigenvalue weighted by Crippen LogP contribution is -2.13. The number of nitrogens with one attached hydrogen (secondary N) is 1. The van der Waals surface area contributed by atoms with Crippen molar-refractivity contribution in [3.63, 3.8) is 0 Å². The Morgan fingerprint density at radius 1 is 1.12 bits per heavy atom. The number of hydrogen-bond donors (Lipinski definition) is 1. The Hall–Kier alpha value is -1.62. The summed E-state index contributed by atoms with van der Waals surface area (Å²) in [4.78, 5) is 0.357. The summed E-state index contributed by atoms with van der Waals surface area (Å²) in [5, 5.41) is 6.29. The van der Waals surface area contributed by atoms with Gasteiger partial charge in [0.25, 0.3) is 0 Å². The van der Waals surface area contributed by atoms with Gasteiger partial charge in [0, 0.05) is 6.20 Å². The van der Waals surface area contributed by atoms with E-state index < -0.39 is 15.1 Å². The van der Waals surface area contributed by atoms with Crippen LogP contribution in [0.15, 0.2) is 41.4 Å². The first-order valence-electron chi connectivity index (χ1n) is 5.35. The second-order valence-corrected chi connectivity index (χ2v) is 6.59. The van der Waals surface area contributed by atoms with Crippen LogP contribution >= 0.6 is 0 Å². The zero-order valence-electron chi connectivity index (χ0n) is 9.71. The molecule has 2 aromatic rings. The predicted molar refractivity (Wildman–Crippen MR) is 66.3 cm³/mol. The van der Waals surface area contributed by atoms with E-state index in [1.165, 1.54) is 0 Å². The molecule has 0 fully saturated rings. The van der Waals surface area contributed by atoms with Crippen LogP contribution in [0, 0.1) is 0 Å². The third-order valence-corrected chi connectivity index (χ3v) is 4.79. The fourth-order valence-electron chi connectivity index (χ4n) is 1.51. The van der Waals surface area contributed by atoms with Crippen molar-refractivity contribution in [3.05, 3.63) is 36.5 Å². The Morgan fingerprint density at radius 2 is 1.76 bits per heavy atom. The molecule has 0 aliphatic carbocycles. The van der Waals surface area contributed by atoms with Crippen molar-refractivity contribution in [2.75, 3.05) is 0 Å². The van der Waals surface area contributed by atoms with E-state index in [2.05, 4.69) is 10.2 Å². The summed E-state index contributed by atoms with van der Waals surface area (Å²) in [5.41, 5.74) is 1.80. The quantitative estimate of drug-likeness (QED) is 0.908. The molecule has 0 saturated carbocycles. The number of hydrogen-bond acceptors (Lipinski definition) is 3. The van der Waals surface area contributed by atoms with Crippen molar-refractivity contribution in [2.24, 2.45) is 0 Å². The highest BCUT2D eigenvalue weighted by atomic mass is 32.2. The van der Waals surface area contributed by atoms with Gasteiger partial charge in [0.15, 0.2) is 9.84 Å². The molecule has 0 atom stereocenters. The number of nitrogens with zero attached hydrogens (tertiary/aromatic N) is 1. The molecular weight excluding hydrogens is 236 g/mol. The van der Waals surface area contributed by atoms with Crippen LogP contribution in [0.1, 0.15) is 13.8 Å². The lowest BCUT2D eigenvalue weighted by molar-refractivity contribution is 0.587. The highest BCUT2D eigenvalue weighted by Gasteiger charge is 2.18. The number of sulfone groups is 1. The molecule has 0 unspecified atom stereocenters. The van der Waals surface area contributed by atoms with Gasteiger partial charge in [-0.15, -0.1) is 0 Å². The van der Waals surface area contributed by atoms with E-state index in [1.807, 2.05) is 6.07 Å². The van der Waals surface area contributed by atoms with Gasteiger partial charge in [0.2, 0.25) is 0 Å². The molecule has 0 bridgehead atoms. The highest BCUT2D eigenvalue weighted by molar-refractivity contribution is 7.92. The van der Waals surface area contributed by atoms with Gasteiger partial charge in [-0.1, -0.05) is 12.1 Å². The summed E-state index contributed by atoms with van der Waals surface area (Å²) >= 11 is 0. The van der Waals surface area contributed by atoms with Gasteiger partial charge in [-0.3, -0.25) is 5.10 Å². The second-order valence-electron chi connectivity index (χ2n) is 4.09. The van der Waals surface area contributed by atoms with Crippen molar-refractivity contribution >= 4 is 9.84 Å². The van der Waals surface area contributed by atoms with E-state index in [0.29, 0.717) is 4.90 Å². The summed E-state index contributed by atoms with van der Waals surface area (Å²) in [6, 6.07) is 8.66. The van der Waals surface area contributed by atoms with Gasteiger partial charge in [-0.05, 0) is 37.6 Å². The van der Waals surface area contributed by atoms with Gasteiger partial charge in [0.1, 0.15) is 0 Å². The van der Waals surface area contributed by atoms with E-state index in [0.717, 1.165) is 11.3 Å². The fourth-order valence-corrected chi connectivity index (χ4v) is 2.57. The summed E-state index contributed by atoms with van der Waals surface area (Å²) in [7, 11) is -3.19. The first-order chi connectivity index (χ1) is 8.01. The Morgan fingerprint density at radius 3 is 2.24 bits per heavy atom. The van der Waals surface area contributed by atoms with Crippen molar-refractivity contribution in [2.45, 2.75) is 24.0 Å². The van der Waals surface area contributed by atoms with E-state index >= 15 is 0 Å². The first kappa shape index (κ1) is 11.9. The topological polar surface area (TPSA) is 62.8 Å². The van der Waals surface area contributed by atoms with Crippen LogP contribution in [-0.2, 0) is 9.84 Å². The maximum absolute atomic E-state index is 11.9. The lowest BCUT2D eigenvalue weighted by atomic mass is 10.2. The molecule has 1 aromatic carbocycles. The molecule has 0 saturated heterocycles. The Kier molecular flexibility index (Phi) is 3.02. The van der Waals surface area contributed by atoms with Gasteiger partial charge in [-0.2, -0.15) is 5.10 Å². The van der Waals surface area contributed by atoms with Gasteiger partial charge < -0.3 is 0 Å². The average Bonchev–Trinajstić information content (AvgIpc) is 2.82. The molecule has 2 rings (SSSR count). The molecule has 0 amide bonds. The zero-order chi connectivity index (χ0) is 12.5. The third-order valence-electron chi connectivity index (χ3n) is 2.62. The fraction of sp³-hybridized carbons (Fsp3) is 0.250. The SMILES string of the molecule is CC(C)S(=O)(=O)c1ccc(-c2ccn[nH]2)cc1. The normalized spacial score (nSPS) is 11.9. The number of H-pyrrole nitrogens is 1. The summed E-state index contributed by atoms with van der Waals surface area (Å²) in [6.07, 6.45) is 1.66. The van der Waals surface area contributed by atoms with Crippen molar-refractivity contribution in [1.82, 2.24) is 10.2 Å². The number of aromatic nitrogens is 2. The largest absolute Gasteiger partial charge is 0.278 e. The molecule has 0 radical (unpaired) electrons. The molecule has 0 aliphatic heterocycles. The van der Waals surface area contributed by atoms with Crippen molar-refractivity contribution in [1.29, 1.82) is 0 Å². The first-order valence-corrected chi connectivity index (χ1v) is 6.90. The minimum Gasteiger partial charge on any atom is -0.278 e. The summed E-state index contributed by atoms with van der Waals surface area (Å²) < 4.78 is 23.8. The number of benzene rings is 1. The maximum Gasteiger partial charge on any atom is 0.180 e.